The van der Waals surface area contributed by atoms with Crippen LogP contribution in [0.2, 0.25) is 18.1 Å². The Morgan fingerprint density at radius 3 is 1.98 bits per heavy atom. The zero-order valence-electron chi connectivity index (χ0n) is 32.7. The minimum absolute atomic E-state index is 0.145. The molecule has 1 atom stereocenters. The van der Waals surface area contributed by atoms with Gasteiger partial charge in [-0.3, -0.25) is 14.5 Å². The summed E-state index contributed by atoms with van der Waals surface area (Å²) in [6.45, 7) is 22.6. The predicted molar refractivity (Wildman–Crippen MR) is 216 cm³/mol. The van der Waals surface area contributed by atoms with Gasteiger partial charge < -0.3 is 29.3 Å². The third kappa shape index (κ3) is 10.9. The van der Waals surface area contributed by atoms with Crippen molar-refractivity contribution in [3.05, 3.63) is 95.6 Å². The molecule has 1 N–H and O–H groups in total. The minimum Gasteiger partial charge on any atom is -0.415 e. The zero-order valence-corrected chi connectivity index (χ0v) is 33.7. The standard InChI is InChI=1S/C42H62N6O3Si/c1-34(49)46-25-27-47(28-26-46)39-19-13-36(14-20-39)32-43-40(31-35-11-9-8-10-12-35)41(50)48-23-21-45(22-24-48)33-37-15-17-38(18-16-37)44(5)29-30-51-52(6,7)42(2,3)4/h8-20,40,43H,21-33H2,1-7H3. The van der Waals surface area contributed by atoms with Crippen molar-refractivity contribution in [1.29, 1.82) is 0 Å². The zero-order chi connectivity index (χ0) is 37.3. The van der Waals surface area contributed by atoms with E-state index >= 15 is 0 Å². The van der Waals surface area contributed by atoms with E-state index in [9.17, 15) is 9.59 Å². The molecule has 2 amide bonds. The number of nitrogens with zero attached hydrogens (tertiary/aromatic N) is 5. The molecule has 1 unspecified atom stereocenters. The molecule has 2 aliphatic heterocycles. The molecule has 3 aromatic carbocycles. The first-order chi connectivity index (χ1) is 24.8. The molecule has 0 radical (unpaired) electrons. The van der Waals surface area contributed by atoms with Gasteiger partial charge in [-0.1, -0.05) is 75.4 Å². The van der Waals surface area contributed by atoms with Gasteiger partial charge in [0.15, 0.2) is 8.32 Å². The molecule has 9 nitrogen and oxygen atoms in total. The number of likely N-dealkylation sites (N-methyl/N-ethyl adjacent to an activating group) is 1. The predicted octanol–water partition coefficient (Wildman–Crippen LogP) is 5.86. The molecule has 0 aliphatic carbocycles. The molecule has 2 fully saturated rings. The molecule has 0 spiro atoms. The second-order valence-corrected chi connectivity index (χ2v) is 20.9. The number of piperazine rings is 2. The molecule has 0 aromatic heterocycles. The fourth-order valence-electron chi connectivity index (χ4n) is 6.69. The maximum atomic E-state index is 14.0. The van der Waals surface area contributed by atoms with E-state index in [0.717, 1.165) is 83.2 Å². The van der Waals surface area contributed by atoms with Gasteiger partial charge in [0.25, 0.3) is 0 Å². The second kappa shape index (κ2) is 17.9. The summed E-state index contributed by atoms with van der Waals surface area (Å²) < 4.78 is 6.39. The van der Waals surface area contributed by atoms with Crippen molar-refractivity contribution in [1.82, 2.24) is 20.0 Å². The number of hydrogen-bond acceptors (Lipinski definition) is 7. The fraction of sp³-hybridized carbons (Fsp3) is 0.524. The summed E-state index contributed by atoms with van der Waals surface area (Å²) in [5, 5.41) is 3.84. The lowest BCUT2D eigenvalue weighted by molar-refractivity contribution is -0.135. The average molecular weight is 727 g/mol. The van der Waals surface area contributed by atoms with Crippen LogP contribution in [-0.4, -0.2) is 113 Å². The van der Waals surface area contributed by atoms with Crippen LogP contribution in [0.15, 0.2) is 78.9 Å². The summed E-state index contributed by atoms with van der Waals surface area (Å²) in [7, 11) is 0.395. The highest BCUT2D eigenvalue weighted by molar-refractivity contribution is 6.74. The van der Waals surface area contributed by atoms with Crippen LogP contribution in [0.25, 0.3) is 0 Å². The van der Waals surface area contributed by atoms with Gasteiger partial charge in [-0.05, 0) is 65.5 Å². The number of hydrogen-bond donors (Lipinski definition) is 1. The van der Waals surface area contributed by atoms with Crippen LogP contribution in [0, 0.1) is 0 Å². The van der Waals surface area contributed by atoms with Crippen molar-refractivity contribution in [2.45, 2.75) is 71.4 Å². The molecule has 3 aromatic rings. The molecule has 2 saturated heterocycles. The van der Waals surface area contributed by atoms with Crippen LogP contribution in [0.3, 0.4) is 0 Å². The number of carbonyl (C=O) groups is 2. The Balaban J connectivity index is 1.10. The largest absolute Gasteiger partial charge is 0.415 e. The Morgan fingerprint density at radius 1 is 0.788 bits per heavy atom. The van der Waals surface area contributed by atoms with Crippen LogP contribution in [0.5, 0.6) is 0 Å². The summed E-state index contributed by atoms with van der Waals surface area (Å²) in [5.74, 6) is 0.319. The van der Waals surface area contributed by atoms with Crippen molar-refractivity contribution in [2.75, 3.05) is 82.4 Å². The van der Waals surface area contributed by atoms with Crippen molar-refractivity contribution in [3.8, 4) is 0 Å². The van der Waals surface area contributed by atoms with Crippen LogP contribution >= 0.6 is 0 Å². The monoisotopic (exact) mass is 726 g/mol. The lowest BCUT2D eigenvalue weighted by Gasteiger charge is -2.37. The summed E-state index contributed by atoms with van der Waals surface area (Å²) in [4.78, 5) is 36.7. The number of anilines is 2. The van der Waals surface area contributed by atoms with E-state index in [4.69, 9.17) is 4.43 Å². The highest BCUT2D eigenvalue weighted by Gasteiger charge is 2.37. The van der Waals surface area contributed by atoms with Crippen molar-refractivity contribution >= 4 is 31.5 Å². The molecule has 0 bridgehead atoms. The summed E-state index contributed by atoms with van der Waals surface area (Å²) >= 11 is 0. The van der Waals surface area contributed by atoms with Gasteiger partial charge in [-0.15, -0.1) is 0 Å². The average Bonchev–Trinajstić information content (AvgIpc) is 3.14. The van der Waals surface area contributed by atoms with E-state index in [1.54, 1.807) is 6.92 Å². The fourth-order valence-corrected chi connectivity index (χ4v) is 7.72. The number of benzene rings is 3. The highest BCUT2D eigenvalue weighted by Crippen LogP contribution is 2.36. The first-order valence-electron chi connectivity index (χ1n) is 19.1. The topological polar surface area (TPSA) is 71.6 Å². The van der Waals surface area contributed by atoms with Gasteiger partial charge in [0, 0.05) is 97.3 Å². The maximum absolute atomic E-state index is 14.0. The summed E-state index contributed by atoms with van der Waals surface area (Å²) in [5.41, 5.74) is 5.98. The smallest absolute Gasteiger partial charge is 0.240 e. The van der Waals surface area contributed by atoms with Crippen LogP contribution < -0.4 is 15.1 Å². The van der Waals surface area contributed by atoms with Gasteiger partial charge >= 0.3 is 0 Å². The molecule has 52 heavy (non-hydrogen) atoms. The third-order valence-corrected chi connectivity index (χ3v) is 15.9. The summed E-state index contributed by atoms with van der Waals surface area (Å²) in [6, 6.07) is 27.5. The SMILES string of the molecule is CC(=O)N1CCN(c2ccc(CNC(Cc3ccccc3)C(=O)N3CCN(Cc4ccc(N(C)CCO[Si](C)(C)C(C)(C)C)cc4)CC3)cc2)CC1. The van der Waals surface area contributed by atoms with Crippen LogP contribution in [0.1, 0.15) is 44.4 Å². The van der Waals surface area contributed by atoms with Gasteiger partial charge in [0.1, 0.15) is 0 Å². The molecular formula is C42H62N6O3Si. The van der Waals surface area contributed by atoms with Crippen molar-refractivity contribution in [3.63, 3.8) is 0 Å². The van der Waals surface area contributed by atoms with Gasteiger partial charge in [0.2, 0.25) is 11.8 Å². The highest BCUT2D eigenvalue weighted by atomic mass is 28.4. The second-order valence-electron chi connectivity index (χ2n) is 16.1. The third-order valence-electron chi connectivity index (χ3n) is 11.3. The van der Waals surface area contributed by atoms with Crippen molar-refractivity contribution in [2.24, 2.45) is 0 Å². The Kier molecular flexibility index (Phi) is 13.6. The number of carbonyl (C=O) groups excluding carboxylic acids is 2. The number of amides is 2. The lowest BCUT2D eigenvalue weighted by atomic mass is 10.0. The summed E-state index contributed by atoms with van der Waals surface area (Å²) in [6.07, 6.45) is 0.654. The molecule has 2 aliphatic rings. The maximum Gasteiger partial charge on any atom is 0.240 e. The Morgan fingerprint density at radius 2 is 1.38 bits per heavy atom. The Bertz CT molecular complexity index is 1560. The first-order valence-corrected chi connectivity index (χ1v) is 22.0. The van der Waals surface area contributed by atoms with E-state index in [-0.39, 0.29) is 22.9 Å². The van der Waals surface area contributed by atoms with E-state index in [1.807, 2.05) is 28.0 Å². The van der Waals surface area contributed by atoms with E-state index < -0.39 is 8.32 Å². The van der Waals surface area contributed by atoms with Gasteiger partial charge in [0.05, 0.1) is 12.6 Å². The molecule has 5 rings (SSSR count). The minimum atomic E-state index is -1.74. The van der Waals surface area contributed by atoms with Crippen LogP contribution in [0.4, 0.5) is 11.4 Å². The van der Waals surface area contributed by atoms with Crippen LogP contribution in [-0.2, 0) is 33.5 Å². The number of nitrogens with one attached hydrogen (secondary N) is 1. The van der Waals surface area contributed by atoms with Gasteiger partial charge in [-0.2, -0.15) is 0 Å². The molecule has 0 saturated carbocycles. The van der Waals surface area contributed by atoms with Crippen molar-refractivity contribution < 1.29 is 14.0 Å². The molecule has 282 valence electrons. The quantitative estimate of drug-likeness (QED) is 0.209. The normalized spacial score (nSPS) is 16.6. The van der Waals surface area contributed by atoms with E-state index in [2.05, 4.69) is 122 Å². The van der Waals surface area contributed by atoms with E-state index in [1.165, 1.54) is 16.9 Å². The Labute approximate surface area is 314 Å². The number of rotatable bonds is 14. The molecular weight excluding hydrogens is 665 g/mol. The molecule has 2 heterocycles. The first kappa shape index (κ1) is 39.5. The Hall–Kier alpha value is -3.70. The molecule has 10 heteroatoms. The van der Waals surface area contributed by atoms with E-state index in [0.29, 0.717) is 13.0 Å². The van der Waals surface area contributed by atoms with Gasteiger partial charge in [-0.25, -0.2) is 0 Å². The lowest BCUT2D eigenvalue weighted by Crippen LogP contribution is -2.54.